The van der Waals surface area contributed by atoms with Gasteiger partial charge < -0.3 is 15.2 Å². The first-order valence-electron chi connectivity index (χ1n) is 10.8. The summed E-state index contributed by atoms with van der Waals surface area (Å²) in [7, 11) is 0. The lowest BCUT2D eigenvalue weighted by Gasteiger charge is -2.37. The van der Waals surface area contributed by atoms with E-state index < -0.39 is 0 Å². The van der Waals surface area contributed by atoms with E-state index in [1.807, 2.05) is 48.5 Å². The van der Waals surface area contributed by atoms with Crippen LogP contribution in [0.2, 0.25) is 5.02 Å². The topological polar surface area (TPSA) is 57.4 Å². The van der Waals surface area contributed by atoms with E-state index in [2.05, 4.69) is 4.98 Å². The Hall–Kier alpha value is -2.30. The molecule has 2 aromatic carbocycles. The molecule has 156 valence electrons. The van der Waals surface area contributed by atoms with Crippen LogP contribution >= 0.6 is 11.6 Å². The molecule has 0 bridgehead atoms. The van der Waals surface area contributed by atoms with Gasteiger partial charge in [-0.05, 0) is 73.6 Å². The fraction of sp³-hybridized carbons (Fsp3) is 0.400. The Morgan fingerprint density at radius 3 is 2.53 bits per heavy atom. The maximum atomic E-state index is 6.61. The Morgan fingerprint density at radius 1 is 1.03 bits per heavy atom. The molecule has 4 nitrogen and oxygen atoms in total. The fourth-order valence-electron chi connectivity index (χ4n) is 4.57. The molecule has 0 saturated heterocycles. The monoisotopic (exact) mass is 422 g/mol. The summed E-state index contributed by atoms with van der Waals surface area (Å²) in [6, 6.07) is 15.9. The van der Waals surface area contributed by atoms with Crippen molar-refractivity contribution in [1.29, 1.82) is 0 Å². The van der Waals surface area contributed by atoms with Crippen LogP contribution in [-0.2, 0) is 6.61 Å². The fourth-order valence-corrected chi connectivity index (χ4v) is 4.78. The molecule has 3 aromatic rings. The van der Waals surface area contributed by atoms with E-state index in [0.717, 1.165) is 53.7 Å². The minimum atomic E-state index is 0.0315. The summed E-state index contributed by atoms with van der Waals surface area (Å²) >= 11 is 6.60. The average Bonchev–Trinajstić information content (AvgIpc) is 3.61. The van der Waals surface area contributed by atoms with Gasteiger partial charge in [0.05, 0.1) is 11.1 Å². The van der Waals surface area contributed by atoms with Crippen molar-refractivity contribution in [2.75, 3.05) is 0 Å². The Balaban J connectivity index is 1.30. The van der Waals surface area contributed by atoms with Crippen molar-refractivity contribution in [1.82, 2.24) is 4.98 Å². The third-order valence-electron chi connectivity index (χ3n) is 6.55. The van der Waals surface area contributed by atoms with E-state index in [4.69, 9.17) is 26.8 Å². The Labute approximate surface area is 182 Å². The second-order valence-corrected chi connectivity index (χ2v) is 9.13. The third-order valence-corrected chi connectivity index (χ3v) is 6.84. The standard InChI is InChI=1S/C25H27ClN2O2/c26-22-15-21-18(10-13-28-24(21)29-16-17-4-2-1-3-5-17)14-23(22)30-20-8-11-25(27,12-9-20)19-6-7-19/h1-5,10,13-15,19-20H,6-9,11-12,16,27H2/t20-,25+. The second-order valence-electron chi connectivity index (χ2n) is 8.72. The highest BCUT2D eigenvalue weighted by molar-refractivity contribution is 6.33. The predicted octanol–water partition coefficient (Wildman–Crippen LogP) is 5.90. The summed E-state index contributed by atoms with van der Waals surface area (Å²) < 4.78 is 12.3. The van der Waals surface area contributed by atoms with Gasteiger partial charge in [-0.15, -0.1) is 0 Å². The van der Waals surface area contributed by atoms with Crippen LogP contribution in [0.25, 0.3) is 10.8 Å². The van der Waals surface area contributed by atoms with E-state index in [9.17, 15) is 0 Å². The summed E-state index contributed by atoms with van der Waals surface area (Å²) in [6.45, 7) is 0.465. The smallest absolute Gasteiger partial charge is 0.221 e. The third kappa shape index (κ3) is 4.12. The summed E-state index contributed by atoms with van der Waals surface area (Å²) in [4.78, 5) is 4.41. The van der Waals surface area contributed by atoms with Crippen LogP contribution in [-0.4, -0.2) is 16.6 Å². The van der Waals surface area contributed by atoms with Crippen molar-refractivity contribution in [3.63, 3.8) is 0 Å². The average molecular weight is 423 g/mol. The molecule has 5 heteroatoms. The van der Waals surface area contributed by atoms with Crippen LogP contribution in [0.3, 0.4) is 0 Å². The lowest BCUT2D eigenvalue weighted by molar-refractivity contribution is 0.110. The highest BCUT2D eigenvalue weighted by Gasteiger charge is 2.44. The largest absolute Gasteiger partial charge is 0.489 e. The summed E-state index contributed by atoms with van der Waals surface area (Å²) in [5.74, 6) is 2.04. The van der Waals surface area contributed by atoms with Crippen LogP contribution in [0.5, 0.6) is 11.6 Å². The molecular formula is C25H27ClN2O2. The number of rotatable bonds is 6. The minimum Gasteiger partial charge on any atom is -0.489 e. The summed E-state index contributed by atoms with van der Waals surface area (Å²) in [6.07, 6.45) is 8.57. The number of hydrogen-bond donors (Lipinski definition) is 1. The van der Waals surface area contributed by atoms with E-state index in [1.54, 1.807) is 6.20 Å². The number of benzene rings is 2. The van der Waals surface area contributed by atoms with E-state index >= 15 is 0 Å². The second kappa shape index (κ2) is 8.09. The SMILES string of the molecule is N[C@]1(C2CC2)CC[C@H](Oc2cc3ccnc(OCc4ccccc4)c3cc2Cl)CC1. The molecule has 0 aliphatic heterocycles. The van der Waals surface area contributed by atoms with Crippen molar-refractivity contribution < 1.29 is 9.47 Å². The molecule has 0 atom stereocenters. The zero-order valence-electron chi connectivity index (χ0n) is 17.0. The molecular weight excluding hydrogens is 396 g/mol. The number of nitrogens with zero attached hydrogens (tertiary/aromatic N) is 1. The van der Waals surface area contributed by atoms with Crippen LogP contribution in [0.4, 0.5) is 0 Å². The van der Waals surface area contributed by atoms with Crippen molar-refractivity contribution in [3.8, 4) is 11.6 Å². The zero-order chi connectivity index (χ0) is 20.6. The molecule has 2 fully saturated rings. The molecule has 2 N–H and O–H groups in total. The van der Waals surface area contributed by atoms with Crippen molar-refractivity contribution in [3.05, 3.63) is 65.3 Å². The minimum absolute atomic E-state index is 0.0315. The highest BCUT2D eigenvalue weighted by atomic mass is 35.5. The zero-order valence-corrected chi connectivity index (χ0v) is 17.8. The molecule has 0 amide bonds. The van der Waals surface area contributed by atoms with E-state index in [1.165, 1.54) is 12.8 Å². The van der Waals surface area contributed by atoms with E-state index in [-0.39, 0.29) is 11.6 Å². The highest BCUT2D eigenvalue weighted by Crippen LogP contribution is 2.46. The Morgan fingerprint density at radius 2 is 1.80 bits per heavy atom. The van der Waals surface area contributed by atoms with Crippen molar-refractivity contribution >= 4 is 22.4 Å². The number of nitrogens with two attached hydrogens (primary N) is 1. The molecule has 2 aliphatic rings. The predicted molar refractivity (Wildman–Crippen MR) is 120 cm³/mol. The number of halogens is 1. The first-order chi connectivity index (χ1) is 14.6. The lowest BCUT2D eigenvalue weighted by Crippen LogP contribution is -2.47. The number of fused-ring (bicyclic) bond motifs is 1. The number of pyridine rings is 1. The quantitative estimate of drug-likeness (QED) is 0.537. The molecule has 1 aromatic heterocycles. The van der Waals surface area contributed by atoms with Gasteiger partial charge in [-0.25, -0.2) is 4.98 Å². The first-order valence-corrected chi connectivity index (χ1v) is 11.2. The van der Waals surface area contributed by atoms with Gasteiger partial charge >= 0.3 is 0 Å². The molecule has 0 spiro atoms. The van der Waals surface area contributed by atoms with Gasteiger partial charge in [-0.3, -0.25) is 0 Å². The van der Waals surface area contributed by atoms with Crippen LogP contribution in [0.1, 0.15) is 44.1 Å². The number of ether oxygens (including phenoxy) is 2. The molecule has 5 rings (SSSR count). The Kier molecular flexibility index (Phi) is 5.30. The normalized spacial score (nSPS) is 24.0. The molecule has 0 radical (unpaired) electrons. The van der Waals surface area contributed by atoms with Gasteiger partial charge in [-0.2, -0.15) is 0 Å². The van der Waals surface area contributed by atoms with Gasteiger partial charge in [0.2, 0.25) is 5.88 Å². The lowest BCUT2D eigenvalue weighted by atomic mass is 9.78. The number of hydrogen-bond acceptors (Lipinski definition) is 4. The van der Waals surface area contributed by atoms with Crippen molar-refractivity contribution in [2.45, 2.75) is 56.8 Å². The van der Waals surface area contributed by atoms with Gasteiger partial charge in [-0.1, -0.05) is 41.9 Å². The maximum Gasteiger partial charge on any atom is 0.221 e. The molecule has 2 saturated carbocycles. The molecule has 2 aliphatic carbocycles. The van der Waals surface area contributed by atoms with Gasteiger partial charge in [0.15, 0.2) is 0 Å². The van der Waals surface area contributed by atoms with Crippen LogP contribution in [0.15, 0.2) is 54.7 Å². The molecule has 30 heavy (non-hydrogen) atoms. The number of aromatic nitrogens is 1. The summed E-state index contributed by atoms with van der Waals surface area (Å²) in [5.41, 5.74) is 7.74. The Bertz CT molecular complexity index is 1030. The van der Waals surface area contributed by atoms with Crippen LogP contribution in [0, 0.1) is 5.92 Å². The molecule has 1 heterocycles. The van der Waals surface area contributed by atoms with Crippen LogP contribution < -0.4 is 15.2 Å². The van der Waals surface area contributed by atoms with E-state index in [0.29, 0.717) is 17.5 Å². The summed E-state index contributed by atoms with van der Waals surface area (Å²) in [5, 5.41) is 2.49. The van der Waals surface area contributed by atoms with Gasteiger partial charge in [0.25, 0.3) is 0 Å². The first kappa shape index (κ1) is 19.7. The van der Waals surface area contributed by atoms with Gasteiger partial charge in [0, 0.05) is 17.1 Å². The molecule has 0 unspecified atom stereocenters. The van der Waals surface area contributed by atoms with Gasteiger partial charge in [0.1, 0.15) is 12.4 Å². The maximum absolute atomic E-state index is 6.61. The van der Waals surface area contributed by atoms with Crippen molar-refractivity contribution in [2.24, 2.45) is 11.7 Å².